The Morgan fingerprint density at radius 2 is 1.85 bits per heavy atom. The van der Waals surface area contributed by atoms with E-state index in [0.717, 1.165) is 45.0 Å². The highest BCUT2D eigenvalue weighted by atomic mass is 16.5. The molecule has 2 heterocycles. The van der Waals surface area contributed by atoms with Crippen LogP contribution in [-0.2, 0) is 4.79 Å². The van der Waals surface area contributed by atoms with E-state index >= 15 is 0 Å². The van der Waals surface area contributed by atoms with Gasteiger partial charge in [0, 0.05) is 51.8 Å². The fraction of sp³-hybridized carbons (Fsp3) is 0.474. The Morgan fingerprint density at radius 1 is 1.15 bits per heavy atom. The van der Waals surface area contributed by atoms with E-state index in [-0.39, 0.29) is 5.91 Å². The van der Waals surface area contributed by atoms with Gasteiger partial charge in [-0.05, 0) is 19.1 Å². The fourth-order valence-corrected chi connectivity index (χ4v) is 2.94. The minimum Gasteiger partial charge on any atom is -0.492 e. The molecule has 0 bridgehead atoms. The minimum absolute atomic E-state index is 0.0306. The van der Waals surface area contributed by atoms with Crippen molar-refractivity contribution in [3.63, 3.8) is 0 Å². The molecule has 2 aromatic rings. The van der Waals surface area contributed by atoms with Crippen molar-refractivity contribution < 1.29 is 14.1 Å². The second-order valence-corrected chi connectivity index (χ2v) is 6.47. The standard InChI is InChI=1S/C19H26N4O3/c1-16-15-18(21-26-16)20-19(24)7-8-22-9-11-23(12-10-22)13-14-25-17-5-3-2-4-6-17/h2-6,15H,7-14H2,1H3,(H,20,21,24). The number of carbonyl (C=O) groups excluding carboxylic acids is 1. The number of aryl methyl sites for hydroxylation is 1. The average Bonchev–Trinajstić information content (AvgIpc) is 3.06. The second kappa shape index (κ2) is 9.35. The van der Waals surface area contributed by atoms with E-state index in [1.165, 1.54) is 0 Å². The zero-order valence-corrected chi connectivity index (χ0v) is 15.2. The summed E-state index contributed by atoms with van der Waals surface area (Å²) in [6, 6.07) is 11.6. The Hall–Kier alpha value is -2.38. The summed E-state index contributed by atoms with van der Waals surface area (Å²) in [4.78, 5) is 16.7. The van der Waals surface area contributed by atoms with Crippen molar-refractivity contribution in [2.75, 3.05) is 51.2 Å². The van der Waals surface area contributed by atoms with E-state index in [9.17, 15) is 4.79 Å². The topological polar surface area (TPSA) is 70.8 Å². The highest BCUT2D eigenvalue weighted by Crippen LogP contribution is 2.10. The minimum atomic E-state index is -0.0306. The molecule has 1 saturated heterocycles. The number of carbonyl (C=O) groups is 1. The number of ether oxygens (including phenoxy) is 1. The summed E-state index contributed by atoms with van der Waals surface area (Å²) in [5, 5.41) is 6.53. The Bertz CT molecular complexity index is 681. The predicted octanol–water partition coefficient (Wildman–Crippen LogP) is 2.01. The van der Waals surface area contributed by atoms with Crippen LogP contribution in [0.25, 0.3) is 0 Å². The van der Waals surface area contributed by atoms with Crippen LogP contribution in [0.3, 0.4) is 0 Å². The molecule has 26 heavy (non-hydrogen) atoms. The van der Waals surface area contributed by atoms with Crippen molar-refractivity contribution in [3.05, 3.63) is 42.2 Å². The second-order valence-electron chi connectivity index (χ2n) is 6.47. The van der Waals surface area contributed by atoms with Crippen molar-refractivity contribution in [1.82, 2.24) is 15.0 Å². The zero-order chi connectivity index (χ0) is 18.2. The van der Waals surface area contributed by atoms with E-state index < -0.39 is 0 Å². The van der Waals surface area contributed by atoms with Crippen LogP contribution in [0.2, 0.25) is 0 Å². The fourth-order valence-electron chi connectivity index (χ4n) is 2.94. The lowest BCUT2D eigenvalue weighted by atomic mass is 10.3. The van der Waals surface area contributed by atoms with E-state index in [1.807, 2.05) is 30.3 Å². The van der Waals surface area contributed by atoms with Crippen molar-refractivity contribution in [2.45, 2.75) is 13.3 Å². The third-order valence-corrected chi connectivity index (χ3v) is 4.43. The number of aromatic nitrogens is 1. The number of rotatable bonds is 8. The van der Waals surface area contributed by atoms with Gasteiger partial charge in [-0.3, -0.25) is 9.69 Å². The summed E-state index contributed by atoms with van der Waals surface area (Å²) < 4.78 is 10.7. The molecule has 3 rings (SSSR count). The summed E-state index contributed by atoms with van der Waals surface area (Å²) in [6.07, 6.45) is 0.461. The van der Waals surface area contributed by atoms with Crippen LogP contribution in [0.1, 0.15) is 12.2 Å². The number of nitrogens with zero attached hydrogens (tertiary/aromatic N) is 3. The van der Waals surface area contributed by atoms with Gasteiger partial charge in [-0.2, -0.15) is 0 Å². The highest BCUT2D eigenvalue weighted by molar-refractivity contribution is 5.89. The average molecular weight is 358 g/mol. The molecule has 140 valence electrons. The van der Waals surface area contributed by atoms with Crippen LogP contribution in [0.4, 0.5) is 5.82 Å². The molecule has 1 N–H and O–H groups in total. The summed E-state index contributed by atoms with van der Waals surface area (Å²) in [5.74, 6) is 2.06. The third kappa shape index (κ3) is 5.86. The van der Waals surface area contributed by atoms with Gasteiger partial charge in [-0.1, -0.05) is 23.4 Å². The van der Waals surface area contributed by atoms with Crippen molar-refractivity contribution in [3.8, 4) is 5.75 Å². The smallest absolute Gasteiger partial charge is 0.226 e. The molecule has 0 spiro atoms. The molecule has 1 aromatic carbocycles. The normalized spacial score (nSPS) is 15.7. The lowest BCUT2D eigenvalue weighted by Crippen LogP contribution is -2.48. The summed E-state index contributed by atoms with van der Waals surface area (Å²) in [7, 11) is 0. The van der Waals surface area contributed by atoms with Crippen LogP contribution >= 0.6 is 0 Å². The largest absolute Gasteiger partial charge is 0.492 e. The Morgan fingerprint density at radius 3 is 2.50 bits per heavy atom. The van der Waals surface area contributed by atoms with Gasteiger partial charge in [-0.15, -0.1) is 0 Å². The number of anilines is 1. The Balaban J connectivity index is 1.28. The quantitative estimate of drug-likeness (QED) is 0.778. The SMILES string of the molecule is Cc1cc(NC(=O)CCN2CCN(CCOc3ccccc3)CC2)no1. The first-order chi connectivity index (χ1) is 12.7. The molecular formula is C19H26N4O3. The Kier molecular flexibility index (Phi) is 6.62. The summed E-state index contributed by atoms with van der Waals surface area (Å²) >= 11 is 0. The maximum Gasteiger partial charge on any atom is 0.226 e. The van der Waals surface area contributed by atoms with Gasteiger partial charge in [0.25, 0.3) is 0 Å². The molecule has 0 atom stereocenters. The lowest BCUT2D eigenvalue weighted by Gasteiger charge is -2.34. The zero-order valence-electron chi connectivity index (χ0n) is 15.2. The van der Waals surface area contributed by atoms with Gasteiger partial charge in [-0.25, -0.2) is 0 Å². The molecule has 0 radical (unpaired) electrons. The number of amides is 1. The monoisotopic (exact) mass is 358 g/mol. The van der Waals surface area contributed by atoms with Crippen LogP contribution in [0, 0.1) is 6.92 Å². The molecule has 7 nitrogen and oxygen atoms in total. The predicted molar refractivity (Wildman–Crippen MR) is 99.3 cm³/mol. The third-order valence-electron chi connectivity index (χ3n) is 4.43. The first-order valence-electron chi connectivity index (χ1n) is 9.05. The first-order valence-corrected chi connectivity index (χ1v) is 9.05. The van der Waals surface area contributed by atoms with Crippen molar-refractivity contribution >= 4 is 11.7 Å². The van der Waals surface area contributed by atoms with E-state index in [4.69, 9.17) is 9.26 Å². The summed E-state index contributed by atoms with van der Waals surface area (Å²) in [5.41, 5.74) is 0. The van der Waals surface area contributed by atoms with Gasteiger partial charge in [0.15, 0.2) is 5.82 Å². The van der Waals surface area contributed by atoms with Gasteiger partial charge in [0.1, 0.15) is 18.1 Å². The van der Waals surface area contributed by atoms with Gasteiger partial charge in [0.05, 0.1) is 0 Å². The highest BCUT2D eigenvalue weighted by Gasteiger charge is 2.17. The number of hydrogen-bond donors (Lipinski definition) is 1. The molecule has 1 aromatic heterocycles. The van der Waals surface area contributed by atoms with Gasteiger partial charge in [0.2, 0.25) is 5.91 Å². The molecule has 1 aliphatic rings. The van der Waals surface area contributed by atoms with Gasteiger partial charge >= 0.3 is 0 Å². The molecule has 7 heteroatoms. The van der Waals surface area contributed by atoms with Crippen LogP contribution in [-0.4, -0.2) is 66.7 Å². The van der Waals surface area contributed by atoms with Crippen LogP contribution < -0.4 is 10.1 Å². The lowest BCUT2D eigenvalue weighted by molar-refractivity contribution is -0.116. The number of para-hydroxylation sites is 1. The first kappa shape index (κ1) is 18.4. The molecule has 0 saturated carbocycles. The molecule has 0 unspecified atom stereocenters. The summed E-state index contributed by atoms with van der Waals surface area (Å²) in [6.45, 7) is 8.14. The van der Waals surface area contributed by atoms with Crippen molar-refractivity contribution in [1.29, 1.82) is 0 Å². The molecular weight excluding hydrogens is 332 g/mol. The molecule has 1 aliphatic heterocycles. The van der Waals surface area contributed by atoms with E-state index in [1.54, 1.807) is 13.0 Å². The van der Waals surface area contributed by atoms with E-state index in [0.29, 0.717) is 24.6 Å². The van der Waals surface area contributed by atoms with Crippen LogP contribution in [0.5, 0.6) is 5.75 Å². The van der Waals surface area contributed by atoms with Gasteiger partial charge < -0.3 is 19.5 Å². The number of nitrogens with one attached hydrogen (secondary N) is 1. The number of piperazine rings is 1. The number of hydrogen-bond acceptors (Lipinski definition) is 6. The van der Waals surface area contributed by atoms with Crippen LogP contribution in [0.15, 0.2) is 40.9 Å². The number of benzene rings is 1. The van der Waals surface area contributed by atoms with E-state index in [2.05, 4.69) is 20.3 Å². The molecule has 0 aliphatic carbocycles. The molecule has 1 fully saturated rings. The molecule has 1 amide bonds. The van der Waals surface area contributed by atoms with Crippen molar-refractivity contribution in [2.24, 2.45) is 0 Å². The maximum atomic E-state index is 12.0. The Labute approximate surface area is 153 Å². The maximum absolute atomic E-state index is 12.0.